The van der Waals surface area contributed by atoms with Crippen LogP contribution in [-0.2, 0) is 0 Å². The summed E-state index contributed by atoms with van der Waals surface area (Å²) in [6.07, 6.45) is 1.79. The zero-order chi connectivity index (χ0) is 12.3. The monoisotopic (exact) mass is 349 g/mol. The second-order valence-electron chi connectivity index (χ2n) is 4.54. The van der Waals surface area contributed by atoms with Crippen molar-refractivity contribution in [3.05, 3.63) is 21.2 Å². The fourth-order valence-corrected chi connectivity index (χ4v) is 2.13. The number of rotatable bonds is 4. The van der Waals surface area contributed by atoms with Crippen LogP contribution in [0.1, 0.15) is 13.8 Å². The molecule has 0 saturated heterocycles. The van der Waals surface area contributed by atoms with Crippen molar-refractivity contribution < 1.29 is 0 Å². The Morgan fingerprint density at radius 1 is 1.38 bits per heavy atom. The molecule has 1 aromatic rings. The first-order valence-corrected chi connectivity index (χ1v) is 6.64. The van der Waals surface area contributed by atoms with E-state index in [9.17, 15) is 0 Å². The lowest BCUT2D eigenvalue weighted by Crippen LogP contribution is -2.44. The molecule has 1 heterocycles. The summed E-state index contributed by atoms with van der Waals surface area (Å²) in [5.41, 5.74) is 0.0915. The van der Waals surface area contributed by atoms with E-state index in [4.69, 9.17) is 0 Å². The van der Waals surface area contributed by atoms with Crippen molar-refractivity contribution in [3.63, 3.8) is 0 Å². The van der Waals surface area contributed by atoms with Crippen molar-refractivity contribution in [2.45, 2.75) is 19.4 Å². The van der Waals surface area contributed by atoms with Crippen molar-refractivity contribution in [2.24, 2.45) is 0 Å². The molecule has 1 N–H and O–H groups in total. The van der Waals surface area contributed by atoms with E-state index in [1.54, 1.807) is 6.20 Å². The maximum atomic E-state index is 4.32. The second kappa shape index (κ2) is 5.47. The number of nitrogens with zero attached hydrogens (tertiary/aromatic N) is 2. The highest BCUT2D eigenvalue weighted by Gasteiger charge is 2.20. The largest absolute Gasteiger partial charge is 0.367 e. The summed E-state index contributed by atoms with van der Waals surface area (Å²) in [7, 11) is 4.15. The van der Waals surface area contributed by atoms with Crippen LogP contribution in [0, 0.1) is 0 Å². The molecule has 1 aromatic heterocycles. The van der Waals surface area contributed by atoms with E-state index in [2.05, 4.69) is 75.0 Å². The van der Waals surface area contributed by atoms with E-state index in [0.717, 1.165) is 21.3 Å². The van der Waals surface area contributed by atoms with Crippen molar-refractivity contribution in [3.8, 4) is 0 Å². The molecule has 0 spiro atoms. The zero-order valence-electron chi connectivity index (χ0n) is 10.0. The molecule has 16 heavy (non-hydrogen) atoms. The number of aromatic nitrogens is 1. The molecule has 0 aliphatic carbocycles. The third-order valence-corrected chi connectivity index (χ3v) is 3.75. The first-order chi connectivity index (χ1) is 7.33. The second-order valence-corrected chi connectivity index (χ2v) is 6.31. The highest BCUT2D eigenvalue weighted by atomic mass is 79.9. The van der Waals surface area contributed by atoms with Crippen LogP contribution in [0.3, 0.4) is 0 Å². The minimum Gasteiger partial charge on any atom is -0.367 e. The van der Waals surface area contributed by atoms with Gasteiger partial charge in [-0.2, -0.15) is 0 Å². The Kier molecular flexibility index (Phi) is 4.76. The average Bonchev–Trinajstić information content (AvgIpc) is 2.16. The molecule has 0 aliphatic rings. The quantitative estimate of drug-likeness (QED) is 0.902. The molecule has 0 unspecified atom stereocenters. The van der Waals surface area contributed by atoms with E-state index >= 15 is 0 Å². The van der Waals surface area contributed by atoms with Gasteiger partial charge in [0.1, 0.15) is 5.82 Å². The number of hydrogen-bond acceptors (Lipinski definition) is 3. The van der Waals surface area contributed by atoms with Crippen LogP contribution in [0.15, 0.2) is 21.2 Å². The zero-order valence-corrected chi connectivity index (χ0v) is 13.2. The first kappa shape index (κ1) is 13.9. The van der Waals surface area contributed by atoms with Gasteiger partial charge in [0, 0.05) is 22.8 Å². The van der Waals surface area contributed by atoms with Gasteiger partial charge >= 0.3 is 0 Å². The molecule has 0 saturated carbocycles. The van der Waals surface area contributed by atoms with Gasteiger partial charge in [-0.1, -0.05) is 0 Å². The van der Waals surface area contributed by atoms with Gasteiger partial charge in [0.25, 0.3) is 0 Å². The van der Waals surface area contributed by atoms with E-state index in [1.165, 1.54) is 0 Å². The molecule has 0 aromatic carbocycles. The highest BCUT2D eigenvalue weighted by molar-refractivity contribution is 9.11. The highest BCUT2D eigenvalue weighted by Crippen LogP contribution is 2.24. The Balaban J connectivity index is 2.68. The maximum Gasteiger partial charge on any atom is 0.140 e. The summed E-state index contributed by atoms with van der Waals surface area (Å²) in [5.74, 6) is 0.873. The molecule has 0 fully saturated rings. The van der Waals surface area contributed by atoms with Gasteiger partial charge in [0.2, 0.25) is 0 Å². The fourth-order valence-electron chi connectivity index (χ4n) is 1.00. The predicted molar refractivity (Wildman–Crippen MR) is 75.9 cm³/mol. The maximum absolute atomic E-state index is 4.32. The molecular weight excluding hydrogens is 334 g/mol. The molecule has 1 rings (SSSR count). The fraction of sp³-hybridized carbons (Fsp3) is 0.545. The summed E-state index contributed by atoms with van der Waals surface area (Å²) < 4.78 is 1.94. The number of likely N-dealkylation sites (N-methyl/N-ethyl adjacent to an activating group) is 1. The summed E-state index contributed by atoms with van der Waals surface area (Å²) in [5, 5.41) is 3.34. The lowest BCUT2D eigenvalue weighted by atomic mass is 10.0. The summed E-state index contributed by atoms with van der Waals surface area (Å²) in [4.78, 5) is 6.50. The van der Waals surface area contributed by atoms with Crippen LogP contribution in [0.4, 0.5) is 5.82 Å². The van der Waals surface area contributed by atoms with Gasteiger partial charge in [-0.15, -0.1) is 0 Å². The SMILES string of the molecule is CN(C)C(C)(C)CNc1ncc(Br)cc1Br. The topological polar surface area (TPSA) is 28.2 Å². The lowest BCUT2D eigenvalue weighted by molar-refractivity contribution is 0.210. The number of anilines is 1. The Bertz CT molecular complexity index is 364. The lowest BCUT2D eigenvalue weighted by Gasteiger charge is -2.32. The Morgan fingerprint density at radius 3 is 2.50 bits per heavy atom. The Morgan fingerprint density at radius 2 is 2.00 bits per heavy atom. The van der Waals surface area contributed by atoms with Crippen LogP contribution in [0.2, 0.25) is 0 Å². The van der Waals surface area contributed by atoms with Crippen LogP contribution in [0.5, 0.6) is 0 Å². The van der Waals surface area contributed by atoms with Gasteiger partial charge in [0.15, 0.2) is 0 Å². The number of pyridine rings is 1. The van der Waals surface area contributed by atoms with Crippen molar-refractivity contribution in [1.29, 1.82) is 0 Å². The van der Waals surface area contributed by atoms with Gasteiger partial charge < -0.3 is 10.2 Å². The van der Waals surface area contributed by atoms with E-state index in [-0.39, 0.29) is 5.54 Å². The third kappa shape index (κ3) is 3.71. The first-order valence-electron chi connectivity index (χ1n) is 5.05. The van der Waals surface area contributed by atoms with Crippen molar-refractivity contribution in [1.82, 2.24) is 9.88 Å². The molecule has 3 nitrogen and oxygen atoms in total. The average molecular weight is 351 g/mol. The summed E-state index contributed by atoms with van der Waals surface area (Å²) in [6.45, 7) is 5.22. The van der Waals surface area contributed by atoms with Crippen LogP contribution in [-0.4, -0.2) is 36.1 Å². The molecular formula is C11H17Br2N3. The van der Waals surface area contributed by atoms with E-state index in [1.807, 2.05) is 6.07 Å². The van der Waals surface area contributed by atoms with Crippen LogP contribution >= 0.6 is 31.9 Å². The van der Waals surface area contributed by atoms with Gasteiger partial charge in [-0.3, -0.25) is 0 Å². The Labute approximate surface area is 114 Å². The summed E-state index contributed by atoms with van der Waals surface area (Å²) >= 11 is 6.86. The molecule has 0 atom stereocenters. The van der Waals surface area contributed by atoms with Gasteiger partial charge in [0.05, 0.1) is 4.47 Å². The van der Waals surface area contributed by atoms with Gasteiger partial charge in [-0.05, 0) is 65.9 Å². The standard InChI is InChI=1S/C11H17Br2N3/c1-11(2,16(3)4)7-15-10-9(13)5-8(12)6-14-10/h5-6H,7H2,1-4H3,(H,14,15). The molecule has 0 aliphatic heterocycles. The van der Waals surface area contributed by atoms with Gasteiger partial charge in [-0.25, -0.2) is 4.98 Å². The third-order valence-electron chi connectivity index (χ3n) is 2.71. The predicted octanol–water partition coefficient (Wildman–Crippen LogP) is 3.36. The van der Waals surface area contributed by atoms with Crippen LogP contribution < -0.4 is 5.32 Å². The number of hydrogen-bond donors (Lipinski definition) is 1. The Hall–Kier alpha value is -0.130. The molecule has 90 valence electrons. The van der Waals surface area contributed by atoms with E-state index in [0.29, 0.717) is 0 Å². The normalized spacial score (nSPS) is 11.9. The molecule has 0 amide bonds. The number of nitrogens with one attached hydrogen (secondary N) is 1. The minimum absolute atomic E-state index is 0.0915. The molecule has 5 heteroatoms. The molecule has 0 bridgehead atoms. The van der Waals surface area contributed by atoms with Crippen molar-refractivity contribution >= 4 is 37.7 Å². The summed E-state index contributed by atoms with van der Waals surface area (Å²) in [6, 6.07) is 1.98. The van der Waals surface area contributed by atoms with E-state index < -0.39 is 0 Å². The minimum atomic E-state index is 0.0915. The smallest absolute Gasteiger partial charge is 0.140 e. The van der Waals surface area contributed by atoms with Crippen molar-refractivity contribution in [2.75, 3.05) is 26.0 Å². The van der Waals surface area contributed by atoms with Crippen LogP contribution in [0.25, 0.3) is 0 Å². The molecule has 0 radical (unpaired) electrons. The number of halogens is 2.